The lowest BCUT2D eigenvalue weighted by molar-refractivity contribution is 0.660. The molecule has 74 valence electrons. The van der Waals surface area contributed by atoms with Crippen molar-refractivity contribution in [3.63, 3.8) is 0 Å². The summed E-state index contributed by atoms with van der Waals surface area (Å²) in [6, 6.07) is 12.8. The molecule has 0 bridgehead atoms. The Morgan fingerprint density at radius 2 is 1.87 bits per heavy atom. The highest BCUT2D eigenvalue weighted by molar-refractivity contribution is 5.95. The molecule has 0 saturated heterocycles. The predicted molar refractivity (Wildman–Crippen MR) is 63.0 cm³/mol. The van der Waals surface area contributed by atoms with E-state index in [2.05, 4.69) is 54.0 Å². The van der Waals surface area contributed by atoms with Gasteiger partial charge in [-0.2, -0.15) is 0 Å². The maximum atomic E-state index is 5.53. The molecule has 1 atom stereocenters. The summed E-state index contributed by atoms with van der Waals surface area (Å²) in [5.74, 6) is 5.53. The van der Waals surface area contributed by atoms with Gasteiger partial charge in [-0.1, -0.05) is 48.6 Å². The fraction of sp³-hybridized carbons (Fsp3) is 0.0769. The van der Waals surface area contributed by atoms with Gasteiger partial charge in [0.25, 0.3) is 0 Å². The first-order chi connectivity index (χ1) is 7.40. The van der Waals surface area contributed by atoms with Gasteiger partial charge in [-0.05, 0) is 21.9 Å². The summed E-state index contributed by atoms with van der Waals surface area (Å²) >= 11 is 0. The second-order valence-corrected chi connectivity index (χ2v) is 3.80. The summed E-state index contributed by atoms with van der Waals surface area (Å²) in [7, 11) is 0. The molecule has 3 rings (SSSR count). The van der Waals surface area contributed by atoms with E-state index >= 15 is 0 Å². The third-order valence-electron chi connectivity index (χ3n) is 2.95. The minimum Gasteiger partial charge on any atom is -0.271 e. The van der Waals surface area contributed by atoms with Crippen LogP contribution >= 0.6 is 0 Å². The highest BCUT2D eigenvalue weighted by Crippen LogP contribution is 2.32. The molecule has 2 nitrogen and oxygen atoms in total. The monoisotopic (exact) mass is 196 g/mol. The summed E-state index contributed by atoms with van der Waals surface area (Å²) in [4.78, 5) is 0. The minimum absolute atomic E-state index is 0.128. The number of hydrogen-bond acceptors (Lipinski definition) is 2. The Balaban J connectivity index is 2.41. The zero-order valence-electron chi connectivity index (χ0n) is 8.27. The van der Waals surface area contributed by atoms with E-state index in [4.69, 9.17) is 5.84 Å². The molecule has 2 heteroatoms. The smallest absolute Gasteiger partial charge is 0.0650 e. The van der Waals surface area contributed by atoms with Crippen LogP contribution in [0.4, 0.5) is 0 Å². The molecular formula is C13H12N2. The standard InChI is InChI=1S/C13H12N2/c14-15-12-8-7-10-4-1-3-9-5-2-6-11(12)13(9)10/h1-8,12,15H,14H2. The first kappa shape index (κ1) is 8.65. The zero-order valence-corrected chi connectivity index (χ0v) is 8.27. The van der Waals surface area contributed by atoms with Crippen LogP contribution in [0, 0.1) is 0 Å². The Hall–Kier alpha value is -1.64. The van der Waals surface area contributed by atoms with Gasteiger partial charge in [-0.25, -0.2) is 5.43 Å². The van der Waals surface area contributed by atoms with Crippen LogP contribution in [0.5, 0.6) is 0 Å². The molecule has 1 unspecified atom stereocenters. The van der Waals surface area contributed by atoms with Crippen molar-refractivity contribution >= 4 is 16.8 Å². The number of hydrogen-bond donors (Lipinski definition) is 2. The van der Waals surface area contributed by atoms with Crippen molar-refractivity contribution in [3.8, 4) is 0 Å². The van der Waals surface area contributed by atoms with E-state index in [1.165, 1.54) is 21.9 Å². The van der Waals surface area contributed by atoms with Crippen molar-refractivity contribution in [3.05, 3.63) is 53.6 Å². The number of rotatable bonds is 1. The fourth-order valence-electron chi connectivity index (χ4n) is 2.25. The number of nitrogens with two attached hydrogens (primary N) is 1. The predicted octanol–water partition coefficient (Wildman–Crippen LogP) is 2.37. The van der Waals surface area contributed by atoms with Gasteiger partial charge in [0.05, 0.1) is 6.04 Å². The fourth-order valence-corrected chi connectivity index (χ4v) is 2.25. The molecular weight excluding hydrogens is 184 g/mol. The molecule has 0 amide bonds. The summed E-state index contributed by atoms with van der Waals surface area (Å²) in [6.45, 7) is 0. The molecule has 0 saturated carbocycles. The summed E-state index contributed by atoms with van der Waals surface area (Å²) in [5.41, 5.74) is 5.35. The highest BCUT2D eigenvalue weighted by Gasteiger charge is 2.15. The van der Waals surface area contributed by atoms with Gasteiger partial charge in [-0.15, -0.1) is 0 Å². The van der Waals surface area contributed by atoms with Crippen molar-refractivity contribution in [2.24, 2.45) is 5.84 Å². The van der Waals surface area contributed by atoms with E-state index in [-0.39, 0.29) is 6.04 Å². The van der Waals surface area contributed by atoms with Gasteiger partial charge >= 0.3 is 0 Å². The van der Waals surface area contributed by atoms with Crippen LogP contribution in [0.3, 0.4) is 0 Å². The molecule has 0 radical (unpaired) electrons. The maximum Gasteiger partial charge on any atom is 0.0650 e. The second kappa shape index (κ2) is 3.19. The molecule has 0 heterocycles. The normalized spacial score (nSPS) is 18.3. The van der Waals surface area contributed by atoms with Crippen LogP contribution < -0.4 is 11.3 Å². The molecule has 2 aromatic carbocycles. The molecule has 15 heavy (non-hydrogen) atoms. The van der Waals surface area contributed by atoms with E-state index in [9.17, 15) is 0 Å². The Labute approximate surface area is 88.4 Å². The molecule has 1 aliphatic carbocycles. The molecule has 3 N–H and O–H groups in total. The first-order valence-electron chi connectivity index (χ1n) is 5.06. The van der Waals surface area contributed by atoms with Gasteiger partial charge in [-0.3, -0.25) is 5.84 Å². The molecule has 0 aliphatic heterocycles. The number of benzene rings is 2. The Kier molecular flexibility index (Phi) is 1.84. The quantitative estimate of drug-likeness (QED) is 0.543. The average molecular weight is 196 g/mol. The molecule has 1 aliphatic rings. The van der Waals surface area contributed by atoms with Gasteiger partial charge in [0.2, 0.25) is 0 Å². The Morgan fingerprint density at radius 3 is 2.67 bits per heavy atom. The first-order valence-corrected chi connectivity index (χ1v) is 5.06. The number of nitrogens with one attached hydrogen (secondary N) is 1. The maximum absolute atomic E-state index is 5.53. The van der Waals surface area contributed by atoms with Crippen LogP contribution in [0.25, 0.3) is 16.8 Å². The van der Waals surface area contributed by atoms with E-state index < -0.39 is 0 Å². The molecule has 0 fully saturated rings. The topological polar surface area (TPSA) is 38.0 Å². The highest BCUT2D eigenvalue weighted by atomic mass is 15.2. The van der Waals surface area contributed by atoms with Crippen LogP contribution in [0.2, 0.25) is 0 Å². The van der Waals surface area contributed by atoms with Gasteiger partial charge in [0, 0.05) is 0 Å². The van der Waals surface area contributed by atoms with Crippen LogP contribution in [-0.2, 0) is 0 Å². The average Bonchev–Trinajstić information content (AvgIpc) is 2.30. The Morgan fingerprint density at radius 1 is 1.07 bits per heavy atom. The van der Waals surface area contributed by atoms with E-state index in [0.29, 0.717) is 0 Å². The molecule has 0 aromatic heterocycles. The number of hydrazine groups is 1. The van der Waals surface area contributed by atoms with Crippen molar-refractivity contribution in [1.82, 2.24) is 5.43 Å². The third-order valence-corrected chi connectivity index (χ3v) is 2.95. The van der Waals surface area contributed by atoms with Crippen LogP contribution in [-0.4, -0.2) is 0 Å². The summed E-state index contributed by atoms with van der Waals surface area (Å²) in [6.07, 6.45) is 4.22. The second-order valence-electron chi connectivity index (χ2n) is 3.80. The van der Waals surface area contributed by atoms with Gasteiger partial charge in [0.15, 0.2) is 0 Å². The van der Waals surface area contributed by atoms with E-state index in [1.54, 1.807) is 0 Å². The Bertz CT molecular complexity index is 538. The van der Waals surface area contributed by atoms with E-state index in [1.807, 2.05) is 0 Å². The largest absolute Gasteiger partial charge is 0.271 e. The van der Waals surface area contributed by atoms with Crippen molar-refractivity contribution in [2.45, 2.75) is 6.04 Å². The lowest BCUT2D eigenvalue weighted by Crippen LogP contribution is -2.27. The van der Waals surface area contributed by atoms with Gasteiger partial charge in [0.1, 0.15) is 0 Å². The lowest BCUT2D eigenvalue weighted by Gasteiger charge is -2.20. The van der Waals surface area contributed by atoms with E-state index in [0.717, 1.165) is 0 Å². The minimum atomic E-state index is 0.128. The molecule has 0 spiro atoms. The van der Waals surface area contributed by atoms with Crippen molar-refractivity contribution < 1.29 is 0 Å². The molecule has 2 aromatic rings. The van der Waals surface area contributed by atoms with Crippen LogP contribution in [0.1, 0.15) is 17.2 Å². The van der Waals surface area contributed by atoms with Gasteiger partial charge < -0.3 is 0 Å². The summed E-state index contributed by atoms with van der Waals surface area (Å²) in [5, 5.41) is 2.58. The van der Waals surface area contributed by atoms with Crippen molar-refractivity contribution in [1.29, 1.82) is 0 Å². The van der Waals surface area contributed by atoms with Crippen LogP contribution in [0.15, 0.2) is 42.5 Å². The lowest BCUT2D eigenvalue weighted by atomic mass is 9.90. The SMILES string of the molecule is NNC1C=Cc2cccc3cccc1c23. The summed E-state index contributed by atoms with van der Waals surface area (Å²) < 4.78 is 0. The zero-order chi connectivity index (χ0) is 10.3. The third kappa shape index (κ3) is 1.19. The van der Waals surface area contributed by atoms with Crippen molar-refractivity contribution in [2.75, 3.05) is 0 Å².